The minimum atomic E-state index is 0.0156. The minimum Gasteiger partial charge on any atom is -0.305 e. The molecule has 1 aliphatic heterocycles. The third kappa shape index (κ3) is 1.70. The van der Waals surface area contributed by atoms with E-state index < -0.39 is 0 Å². The van der Waals surface area contributed by atoms with Crippen LogP contribution in [0.1, 0.15) is 12.5 Å². The third-order valence-electron chi connectivity index (χ3n) is 4.57. The second kappa shape index (κ2) is 4.02. The summed E-state index contributed by atoms with van der Waals surface area (Å²) in [6, 6.07) is 10.5. The Morgan fingerprint density at radius 1 is 1.50 bits per heavy atom. The molecule has 0 aromatic heterocycles. The van der Waals surface area contributed by atoms with Gasteiger partial charge in [-0.2, -0.15) is 0 Å². The lowest BCUT2D eigenvalue weighted by Gasteiger charge is -2.21. The van der Waals surface area contributed by atoms with Crippen molar-refractivity contribution in [2.75, 3.05) is 13.1 Å². The number of nitrogens with one attached hydrogen (secondary N) is 1. The molecule has 2 fully saturated rings. The number of ketones is 1. The number of hydrogen-bond donors (Lipinski definition) is 1. The number of carbonyl (C=O) groups excluding carboxylic acids is 1. The van der Waals surface area contributed by atoms with Crippen molar-refractivity contribution in [3.8, 4) is 0 Å². The van der Waals surface area contributed by atoms with E-state index in [-0.39, 0.29) is 17.1 Å². The van der Waals surface area contributed by atoms with E-state index in [0.717, 1.165) is 25.8 Å². The van der Waals surface area contributed by atoms with E-state index in [2.05, 4.69) is 36.1 Å². The number of benzene rings is 1. The molecule has 2 aliphatic rings. The monoisotopic (exact) mass is 242 g/mol. The Kier molecular flexibility index (Phi) is 2.59. The normalized spacial score (nSPS) is 34.1. The Morgan fingerprint density at radius 2 is 2.22 bits per heavy atom. The van der Waals surface area contributed by atoms with E-state index in [0.29, 0.717) is 5.92 Å². The van der Waals surface area contributed by atoms with Crippen LogP contribution in [-0.2, 0) is 11.3 Å². The molecular weight excluding hydrogens is 224 g/mol. The fraction of sp³-hybridized carbons (Fsp3) is 0.467. The Morgan fingerprint density at radius 3 is 2.78 bits per heavy atom. The van der Waals surface area contributed by atoms with Crippen molar-refractivity contribution in [1.82, 2.24) is 4.90 Å². The van der Waals surface area contributed by atoms with Crippen molar-refractivity contribution in [2.24, 2.45) is 17.3 Å². The quantitative estimate of drug-likeness (QED) is 0.820. The van der Waals surface area contributed by atoms with Gasteiger partial charge in [-0.1, -0.05) is 37.3 Å². The van der Waals surface area contributed by atoms with Crippen LogP contribution in [0, 0.1) is 22.7 Å². The predicted octanol–water partition coefficient (Wildman–Crippen LogP) is 1.97. The maximum atomic E-state index is 11.6. The van der Waals surface area contributed by atoms with Gasteiger partial charge in [0.25, 0.3) is 0 Å². The van der Waals surface area contributed by atoms with E-state index in [4.69, 9.17) is 5.41 Å². The Balaban J connectivity index is 1.63. The van der Waals surface area contributed by atoms with Gasteiger partial charge < -0.3 is 5.41 Å². The van der Waals surface area contributed by atoms with Gasteiger partial charge in [0, 0.05) is 25.6 Å². The maximum absolute atomic E-state index is 11.6. The molecule has 0 bridgehead atoms. The first-order chi connectivity index (χ1) is 8.65. The fourth-order valence-electron chi connectivity index (χ4n) is 3.59. The molecule has 0 amide bonds. The smallest absolute Gasteiger partial charge is 0.177 e. The van der Waals surface area contributed by atoms with Crippen LogP contribution in [0.3, 0.4) is 0 Å². The molecule has 3 nitrogen and oxygen atoms in total. The Hall–Kier alpha value is -1.48. The highest BCUT2D eigenvalue weighted by molar-refractivity contribution is 6.28. The van der Waals surface area contributed by atoms with Gasteiger partial charge in [0.1, 0.15) is 0 Å². The molecular formula is C15H18N2O. The predicted molar refractivity (Wildman–Crippen MR) is 70.6 cm³/mol. The summed E-state index contributed by atoms with van der Waals surface area (Å²) in [5.41, 5.74) is 1.46. The molecule has 3 heteroatoms. The van der Waals surface area contributed by atoms with E-state index in [1.165, 1.54) is 5.56 Å². The Bertz CT molecular complexity index is 485. The van der Waals surface area contributed by atoms with Crippen LogP contribution in [0.4, 0.5) is 0 Å². The lowest BCUT2D eigenvalue weighted by molar-refractivity contribution is -0.114. The summed E-state index contributed by atoms with van der Waals surface area (Å²) in [6.45, 7) is 5.14. The molecule has 1 aromatic carbocycles. The number of likely N-dealkylation sites (tertiary alicyclic amines) is 1. The topological polar surface area (TPSA) is 44.2 Å². The van der Waals surface area contributed by atoms with E-state index >= 15 is 0 Å². The van der Waals surface area contributed by atoms with Crippen molar-refractivity contribution in [1.29, 1.82) is 5.41 Å². The van der Waals surface area contributed by atoms with Crippen LogP contribution in [0.5, 0.6) is 0 Å². The summed E-state index contributed by atoms with van der Waals surface area (Å²) in [5.74, 6) is 0.596. The van der Waals surface area contributed by atoms with Gasteiger partial charge in [-0.25, -0.2) is 0 Å². The summed E-state index contributed by atoms with van der Waals surface area (Å²) in [4.78, 5) is 14.0. The van der Waals surface area contributed by atoms with Crippen LogP contribution >= 0.6 is 0 Å². The SMILES string of the molecule is CC12CN(Cc3ccccc3)CC1C2C(=O)C=N. The van der Waals surface area contributed by atoms with Gasteiger partial charge in [-0.3, -0.25) is 9.69 Å². The molecule has 3 rings (SSSR count). The van der Waals surface area contributed by atoms with Crippen molar-refractivity contribution >= 4 is 12.0 Å². The van der Waals surface area contributed by atoms with Gasteiger partial charge in [-0.15, -0.1) is 0 Å². The first kappa shape index (κ1) is 11.6. The highest BCUT2D eigenvalue weighted by Gasteiger charge is 2.67. The van der Waals surface area contributed by atoms with Crippen molar-refractivity contribution in [2.45, 2.75) is 13.5 Å². The van der Waals surface area contributed by atoms with E-state index in [9.17, 15) is 4.79 Å². The molecule has 18 heavy (non-hydrogen) atoms. The summed E-state index contributed by atoms with van der Waals surface area (Å²) in [7, 11) is 0. The van der Waals surface area contributed by atoms with Crippen LogP contribution in [0.2, 0.25) is 0 Å². The molecule has 94 valence electrons. The first-order valence-electron chi connectivity index (χ1n) is 6.46. The standard InChI is InChI=1S/C15H18N2O/c1-15-10-17(8-11-5-3-2-4-6-11)9-12(15)14(15)13(18)7-16/h2-7,12,14,16H,8-10H2,1H3. The molecule has 1 heterocycles. The van der Waals surface area contributed by atoms with Crippen LogP contribution < -0.4 is 0 Å². The maximum Gasteiger partial charge on any atom is 0.177 e. The molecule has 1 saturated heterocycles. The summed E-state index contributed by atoms with van der Waals surface area (Å²) in [6.07, 6.45) is 0.996. The third-order valence-corrected chi connectivity index (χ3v) is 4.57. The van der Waals surface area contributed by atoms with E-state index in [1.54, 1.807) is 0 Å². The Labute approximate surface area is 107 Å². The molecule has 1 N–H and O–H groups in total. The fourth-order valence-corrected chi connectivity index (χ4v) is 3.59. The second-order valence-corrected chi connectivity index (χ2v) is 5.79. The molecule has 0 radical (unpaired) electrons. The number of piperidine rings is 1. The molecule has 3 unspecified atom stereocenters. The van der Waals surface area contributed by atoms with Gasteiger partial charge >= 0.3 is 0 Å². The van der Waals surface area contributed by atoms with Crippen molar-refractivity contribution in [3.05, 3.63) is 35.9 Å². The van der Waals surface area contributed by atoms with Crippen LogP contribution in [0.25, 0.3) is 0 Å². The van der Waals surface area contributed by atoms with Crippen molar-refractivity contribution < 1.29 is 4.79 Å². The molecule has 0 spiro atoms. The minimum absolute atomic E-state index is 0.0156. The van der Waals surface area contributed by atoms with Gasteiger partial charge in [0.2, 0.25) is 0 Å². The average Bonchev–Trinajstić information content (AvgIpc) is 2.78. The number of nitrogens with zero attached hydrogens (tertiary/aromatic N) is 1. The highest BCUT2D eigenvalue weighted by atomic mass is 16.1. The number of hydrogen-bond acceptors (Lipinski definition) is 3. The highest BCUT2D eigenvalue weighted by Crippen LogP contribution is 2.63. The largest absolute Gasteiger partial charge is 0.305 e. The lowest BCUT2D eigenvalue weighted by Crippen LogP contribution is -2.28. The lowest BCUT2D eigenvalue weighted by atomic mass is 10.0. The summed E-state index contributed by atoms with van der Waals surface area (Å²) in [5, 5.41) is 7.09. The van der Waals surface area contributed by atoms with Gasteiger partial charge in [-0.05, 0) is 16.9 Å². The number of rotatable bonds is 4. The summed E-state index contributed by atoms with van der Waals surface area (Å²) < 4.78 is 0. The van der Waals surface area contributed by atoms with Crippen LogP contribution in [0.15, 0.2) is 30.3 Å². The zero-order valence-corrected chi connectivity index (χ0v) is 10.6. The molecule has 1 aromatic rings. The molecule has 3 atom stereocenters. The van der Waals surface area contributed by atoms with E-state index in [1.807, 2.05) is 6.07 Å². The first-order valence-corrected chi connectivity index (χ1v) is 6.46. The van der Waals surface area contributed by atoms with Gasteiger partial charge in [0.05, 0.1) is 6.21 Å². The summed E-state index contributed by atoms with van der Waals surface area (Å²) >= 11 is 0. The average molecular weight is 242 g/mol. The zero-order valence-electron chi connectivity index (χ0n) is 10.6. The number of fused-ring (bicyclic) bond motifs is 1. The van der Waals surface area contributed by atoms with Crippen molar-refractivity contribution in [3.63, 3.8) is 0 Å². The molecule has 1 aliphatic carbocycles. The van der Waals surface area contributed by atoms with Crippen LogP contribution in [-0.4, -0.2) is 30.0 Å². The zero-order chi connectivity index (χ0) is 12.8. The molecule has 1 saturated carbocycles. The second-order valence-electron chi connectivity index (χ2n) is 5.79. The number of carbonyl (C=O) groups is 1. The number of Topliss-reactive ketones (excluding diaryl/α,β-unsaturated/α-hetero) is 1. The van der Waals surface area contributed by atoms with Gasteiger partial charge in [0.15, 0.2) is 5.78 Å².